The molecule has 116 valence electrons. The van der Waals surface area contributed by atoms with E-state index in [-0.39, 0.29) is 6.04 Å². The van der Waals surface area contributed by atoms with Gasteiger partial charge in [0.25, 0.3) is 0 Å². The Bertz CT molecular complexity index is 639. The van der Waals surface area contributed by atoms with Crippen molar-refractivity contribution in [2.24, 2.45) is 0 Å². The van der Waals surface area contributed by atoms with Crippen molar-refractivity contribution in [3.05, 3.63) is 35.7 Å². The second-order valence-electron chi connectivity index (χ2n) is 5.06. The van der Waals surface area contributed by atoms with E-state index in [9.17, 15) is 0 Å². The van der Waals surface area contributed by atoms with Crippen molar-refractivity contribution >= 4 is 23.2 Å². The lowest BCUT2D eigenvalue weighted by Gasteiger charge is -2.19. The molecule has 6 nitrogen and oxygen atoms in total. The molecular formula is C15H18ClN5O. The summed E-state index contributed by atoms with van der Waals surface area (Å²) in [6.45, 7) is 4.24. The molecule has 1 aliphatic rings. The van der Waals surface area contributed by atoms with Gasteiger partial charge in [0.15, 0.2) is 0 Å². The molecule has 0 saturated carbocycles. The Morgan fingerprint density at radius 2 is 2.36 bits per heavy atom. The van der Waals surface area contributed by atoms with E-state index in [1.54, 1.807) is 18.6 Å². The maximum atomic E-state index is 6.20. The molecule has 2 aromatic rings. The molecule has 1 aliphatic heterocycles. The Labute approximate surface area is 134 Å². The highest BCUT2D eigenvalue weighted by Gasteiger charge is 2.25. The van der Waals surface area contributed by atoms with Crippen LogP contribution in [0.15, 0.2) is 30.7 Å². The monoisotopic (exact) mass is 319 g/mol. The lowest BCUT2D eigenvalue weighted by atomic mass is 10.3. The van der Waals surface area contributed by atoms with Crippen LogP contribution in [0.1, 0.15) is 13.3 Å². The summed E-state index contributed by atoms with van der Waals surface area (Å²) in [7, 11) is 0. The summed E-state index contributed by atoms with van der Waals surface area (Å²) in [4.78, 5) is 15.1. The van der Waals surface area contributed by atoms with Gasteiger partial charge in [-0.3, -0.25) is 4.98 Å². The average molecular weight is 320 g/mol. The van der Waals surface area contributed by atoms with Gasteiger partial charge in [-0.1, -0.05) is 11.6 Å². The van der Waals surface area contributed by atoms with Crippen LogP contribution in [0.25, 0.3) is 0 Å². The third kappa shape index (κ3) is 3.39. The lowest BCUT2D eigenvalue weighted by Crippen LogP contribution is -2.27. The molecule has 1 unspecified atom stereocenters. The van der Waals surface area contributed by atoms with Crippen molar-refractivity contribution < 1.29 is 4.74 Å². The molecule has 0 amide bonds. The predicted molar refractivity (Wildman–Crippen MR) is 86.7 cm³/mol. The van der Waals surface area contributed by atoms with Crippen LogP contribution in [0, 0.1) is 0 Å². The molecule has 22 heavy (non-hydrogen) atoms. The van der Waals surface area contributed by atoms with E-state index in [0.717, 1.165) is 31.1 Å². The fourth-order valence-corrected chi connectivity index (χ4v) is 2.77. The summed E-state index contributed by atoms with van der Waals surface area (Å²) >= 11 is 6.20. The highest BCUT2D eigenvalue weighted by molar-refractivity contribution is 6.32. The maximum Gasteiger partial charge on any atom is 0.234 e. The van der Waals surface area contributed by atoms with Gasteiger partial charge in [0, 0.05) is 25.3 Å². The molecule has 0 aromatic carbocycles. The lowest BCUT2D eigenvalue weighted by molar-refractivity contribution is 0.325. The molecule has 1 fully saturated rings. The van der Waals surface area contributed by atoms with Crippen LogP contribution < -0.4 is 15.0 Å². The molecular weight excluding hydrogens is 302 g/mol. The van der Waals surface area contributed by atoms with Crippen LogP contribution in [0.4, 0.5) is 11.6 Å². The summed E-state index contributed by atoms with van der Waals surface area (Å²) in [6.07, 6.45) is 6.08. The first-order chi connectivity index (χ1) is 10.8. The van der Waals surface area contributed by atoms with Crippen molar-refractivity contribution in [2.75, 3.05) is 29.9 Å². The number of aromatic nitrogens is 3. The quantitative estimate of drug-likeness (QED) is 0.914. The number of rotatable bonds is 5. The van der Waals surface area contributed by atoms with Gasteiger partial charge in [-0.05, 0) is 25.5 Å². The van der Waals surface area contributed by atoms with Gasteiger partial charge < -0.3 is 15.0 Å². The smallest absolute Gasteiger partial charge is 0.234 e. The molecule has 3 rings (SSSR count). The molecule has 0 radical (unpaired) electrons. The Kier molecular flexibility index (Phi) is 4.58. The zero-order valence-electron chi connectivity index (χ0n) is 12.4. The Balaban J connectivity index is 1.64. The van der Waals surface area contributed by atoms with E-state index in [0.29, 0.717) is 17.5 Å². The zero-order chi connectivity index (χ0) is 15.4. The minimum Gasteiger partial charge on any atom is -0.477 e. The van der Waals surface area contributed by atoms with Gasteiger partial charge in [-0.2, -0.15) is 4.98 Å². The Morgan fingerprint density at radius 1 is 1.45 bits per heavy atom. The van der Waals surface area contributed by atoms with Gasteiger partial charge in [-0.15, -0.1) is 0 Å². The fraction of sp³-hybridized carbons (Fsp3) is 0.400. The van der Waals surface area contributed by atoms with Crippen molar-refractivity contribution in [3.63, 3.8) is 0 Å². The average Bonchev–Trinajstić information content (AvgIpc) is 2.97. The predicted octanol–water partition coefficient (Wildman–Crippen LogP) is 2.61. The summed E-state index contributed by atoms with van der Waals surface area (Å²) in [6, 6.07) is 3.98. The highest BCUT2D eigenvalue weighted by Crippen LogP contribution is 2.26. The minimum atomic E-state index is 0.282. The third-order valence-electron chi connectivity index (χ3n) is 3.48. The second kappa shape index (κ2) is 6.79. The first-order valence-electron chi connectivity index (χ1n) is 7.33. The number of pyridine rings is 1. The molecule has 7 heteroatoms. The van der Waals surface area contributed by atoms with Gasteiger partial charge in [0.2, 0.25) is 5.88 Å². The molecule has 0 bridgehead atoms. The summed E-state index contributed by atoms with van der Waals surface area (Å²) in [5.41, 5.74) is 0. The van der Waals surface area contributed by atoms with Gasteiger partial charge in [0.1, 0.15) is 11.6 Å². The number of ether oxygens (including phenoxy) is 1. The topological polar surface area (TPSA) is 63.2 Å². The van der Waals surface area contributed by atoms with Crippen molar-refractivity contribution in [3.8, 4) is 5.88 Å². The maximum absolute atomic E-state index is 6.20. The number of nitrogens with zero attached hydrogens (tertiary/aromatic N) is 4. The molecule has 0 aliphatic carbocycles. The molecule has 3 heterocycles. The second-order valence-corrected chi connectivity index (χ2v) is 5.47. The van der Waals surface area contributed by atoms with E-state index in [4.69, 9.17) is 16.3 Å². The Morgan fingerprint density at radius 3 is 3.18 bits per heavy atom. The van der Waals surface area contributed by atoms with Crippen LogP contribution in [0.5, 0.6) is 5.88 Å². The van der Waals surface area contributed by atoms with Crippen molar-refractivity contribution in [1.29, 1.82) is 0 Å². The molecule has 1 N–H and O–H groups in total. The van der Waals surface area contributed by atoms with Crippen LogP contribution in [0.3, 0.4) is 0 Å². The minimum absolute atomic E-state index is 0.282. The summed E-state index contributed by atoms with van der Waals surface area (Å²) in [5.74, 6) is 2.10. The third-order valence-corrected chi connectivity index (χ3v) is 3.78. The number of hydrogen-bond acceptors (Lipinski definition) is 6. The van der Waals surface area contributed by atoms with Crippen molar-refractivity contribution in [2.45, 2.75) is 19.4 Å². The van der Waals surface area contributed by atoms with Crippen LogP contribution in [-0.4, -0.2) is 40.7 Å². The summed E-state index contributed by atoms with van der Waals surface area (Å²) in [5, 5.41) is 4.07. The highest BCUT2D eigenvalue weighted by atomic mass is 35.5. The number of anilines is 2. The van der Waals surface area contributed by atoms with Crippen LogP contribution in [0.2, 0.25) is 5.02 Å². The number of hydrogen-bond donors (Lipinski definition) is 1. The number of halogens is 1. The van der Waals surface area contributed by atoms with E-state index in [1.165, 1.54) is 0 Å². The number of nitrogens with one attached hydrogen (secondary N) is 1. The fourth-order valence-electron chi connectivity index (χ4n) is 2.52. The molecule has 2 aromatic heterocycles. The largest absolute Gasteiger partial charge is 0.477 e. The van der Waals surface area contributed by atoms with E-state index < -0.39 is 0 Å². The Hall–Kier alpha value is -2.08. The van der Waals surface area contributed by atoms with Crippen LogP contribution >= 0.6 is 11.6 Å². The molecule has 1 atom stereocenters. The van der Waals surface area contributed by atoms with Crippen molar-refractivity contribution in [1.82, 2.24) is 15.0 Å². The summed E-state index contributed by atoms with van der Waals surface area (Å²) < 4.78 is 5.37. The first-order valence-corrected chi connectivity index (χ1v) is 7.71. The SMILES string of the molecule is CCOc1cncc(NC2CCN(c3ncccc3Cl)C2)n1. The van der Waals surface area contributed by atoms with Gasteiger partial charge in [0.05, 0.1) is 24.0 Å². The first kappa shape index (κ1) is 14.8. The zero-order valence-corrected chi connectivity index (χ0v) is 13.1. The van der Waals surface area contributed by atoms with E-state index in [1.807, 2.05) is 19.1 Å². The molecule has 1 saturated heterocycles. The standard InChI is InChI=1S/C15H18ClN5O/c1-2-22-14-9-17-8-13(20-14)19-11-5-7-21(10-11)15-12(16)4-3-6-18-15/h3-4,6,8-9,11H,2,5,7,10H2,1H3,(H,19,20). The van der Waals surface area contributed by atoms with E-state index in [2.05, 4.69) is 25.2 Å². The normalized spacial score (nSPS) is 17.5. The van der Waals surface area contributed by atoms with Crippen LogP contribution in [-0.2, 0) is 0 Å². The van der Waals surface area contributed by atoms with Gasteiger partial charge >= 0.3 is 0 Å². The van der Waals surface area contributed by atoms with E-state index >= 15 is 0 Å². The van der Waals surface area contributed by atoms with Gasteiger partial charge in [-0.25, -0.2) is 4.98 Å². The molecule has 0 spiro atoms.